The molecule has 0 aliphatic heterocycles. The van der Waals surface area contributed by atoms with E-state index in [4.69, 9.17) is 0 Å². The smallest absolute Gasteiger partial charge is 0.158 e. The maximum Gasteiger partial charge on any atom is 0.158 e. The lowest BCUT2D eigenvalue weighted by Gasteiger charge is -2.23. The predicted molar refractivity (Wildman–Crippen MR) is 81.8 cm³/mol. The summed E-state index contributed by atoms with van der Waals surface area (Å²) in [6.07, 6.45) is 7.23. The van der Waals surface area contributed by atoms with Crippen LogP contribution < -0.4 is 5.32 Å². The van der Waals surface area contributed by atoms with E-state index >= 15 is 0 Å². The monoisotopic (exact) mass is 299 g/mol. The Morgan fingerprint density at radius 3 is 2.82 bits per heavy atom. The highest BCUT2D eigenvalue weighted by Crippen LogP contribution is 2.30. The van der Waals surface area contributed by atoms with E-state index in [9.17, 15) is 9.18 Å². The summed E-state index contributed by atoms with van der Waals surface area (Å²) in [5, 5.41) is 3.32. The molecular weight excluding hydrogens is 281 g/mol. The number of rotatable bonds is 5. The lowest BCUT2D eigenvalue weighted by atomic mass is 9.85. The number of benzene rings is 1. The number of ketones is 1. The van der Waals surface area contributed by atoms with Gasteiger partial charge in [0.25, 0.3) is 0 Å². The average molecular weight is 299 g/mol. The fourth-order valence-electron chi connectivity index (χ4n) is 2.77. The summed E-state index contributed by atoms with van der Waals surface area (Å²) in [7, 11) is 0. The van der Waals surface area contributed by atoms with Crippen molar-refractivity contribution in [2.45, 2.75) is 25.2 Å². The molecule has 1 atom stereocenters. The van der Waals surface area contributed by atoms with Gasteiger partial charge in [0.2, 0.25) is 0 Å². The molecule has 1 aromatic heterocycles. The summed E-state index contributed by atoms with van der Waals surface area (Å²) in [4.78, 5) is 18.9. The van der Waals surface area contributed by atoms with Gasteiger partial charge in [0.05, 0.1) is 6.33 Å². The Morgan fingerprint density at radius 2 is 2.09 bits per heavy atom. The second-order valence-electron chi connectivity index (χ2n) is 5.55. The van der Waals surface area contributed by atoms with Crippen LogP contribution >= 0.6 is 0 Å². The zero-order valence-electron chi connectivity index (χ0n) is 12.2. The number of hydrogen-bond acceptors (Lipinski definition) is 3. The van der Waals surface area contributed by atoms with Crippen molar-refractivity contribution in [3.63, 3.8) is 0 Å². The molecule has 1 aliphatic carbocycles. The van der Waals surface area contributed by atoms with Gasteiger partial charge in [-0.15, -0.1) is 0 Å². The summed E-state index contributed by atoms with van der Waals surface area (Å²) < 4.78 is 13.0. The topological polar surface area (TPSA) is 57.8 Å². The highest BCUT2D eigenvalue weighted by Gasteiger charge is 2.22. The summed E-state index contributed by atoms with van der Waals surface area (Å²) in [6.45, 7) is 0.747. The number of carbonyl (C=O) groups is 1. The van der Waals surface area contributed by atoms with E-state index in [1.165, 1.54) is 12.1 Å². The molecule has 0 saturated heterocycles. The normalized spacial score (nSPS) is 18.1. The summed E-state index contributed by atoms with van der Waals surface area (Å²) in [5.41, 5.74) is 3.02. The lowest BCUT2D eigenvalue weighted by molar-refractivity contribution is -0.115. The first kappa shape index (κ1) is 14.5. The van der Waals surface area contributed by atoms with Crippen molar-refractivity contribution in [1.29, 1.82) is 0 Å². The van der Waals surface area contributed by atoms with Crippen LogP contribution in [0.2, 0.25) is 0 Å². The zero-order valence-corrected chi connectivity index (χ0v) is 12.2. The first-order chi connectivity index (χ1) is 10.7. The third-order valence-corrected chi connectivity index (χ3v) is 3.89. The minimum absolute atomic E-state index is 0.115. The largest absolute Gasteiger partial charge is 0.388 e. The van der Waals surface area contributed by atoms with Crippen molar-refractivity contribution in [1.82, 2.24) is 15.3 Å². The van der Waals surface area contributed by atoms with Gasteiger partial charge in [-0.25, -0.2) is 9.37 Å². The van der Waals surface area contributed by atoms with E-state index in [0.717, 1.165) is 36.3 Å². The number of imidazole rings is 1. The number of aromatic amines is 1. The molecule has 22 heavy (non-hydrogen) atoms. The summed E-state index contributed by atoms with van der Waals surface area (Å²) in [5.74, 6) is -0.0169. The molecule has 1 heterocycles. The molecule has 114 valence electrons. The molecule has 0 bridgehead atoms. The van der Waals surface area contributed by atoms with Crippen molar-refractivity contribution in [3.05, 3.63) is 65.6 Å². The molecule has 0 spiro atoms. The lowest BCUT2D eigenvalue weighted by Crippen LogP contribution is -2.23. The standard InChI is InChI=1S/C17H18FN3O/c18-14-3-1-12(2-4-14)13-7-16(9-17(22)8-13)20-6-5-15-10-19-11-21-15/h1-4,9-11,13,20H,5-8H2,(H,19,21). The summed E-state index contributed by atoms with van der Waals surface area (Å²) >= 11 is 0. The Labute approximate surface area is 128 Å². The Hall–Kier alpha value is -2.43. The number of aromatic nitrogens is 2. The molecule has 0 fully saturated rings. The van der Waals surface area contributed by atoms with Crippen LogP contribution in [0.5, 0.6) is 0 Å². The number of allylic oxidation sites excluding steroid dienone is 2. The third-order valence-electron chi connectivity index (χ3n) is 3.89. The van der Waals surface area contributed by atoms with Crippen molar-refractivity contribution in [2.24, 2.45) is 0 Å². The predicted octanol–water partition coefficient (Wildman–Crippen LogP) is 2.71. The van der Waals surface area contributed by atoms with E-state index in [2.05, 4.69) is 15.3 Å². The highest BCUT2D eigenvalue weighted by atomic mass is 19.1. The minimum Gasteiger partial charge on any atom is -0.388 e. The molecule has 2 N–H and O–H groups in total. The van der Waals surface area contributed by atoms with Gasteiger partial charge in [-0.1, -0.05) is 12.1 Å². The summed E-state index contributed by atoms with van der Waals surface area (Å²) in [6, 6.07) is 6.43. The van der Waals surface area contributed by atoms with Crippen LogP contribution in [0, 0.1) is 5.82 Å². The number of nitrogens with one attached hydrogen (secondary N) is 2. The van der Waals surface area contributed by atoms with E-state index < -0.39 is 0 Å². The molecule has 1 aliphatic rings. The van der Waals surface area contributed by atoms with Crippen LogP contribution in [0.1, 0.15) is 30.0 Å². The first-order valence-electron chi connectivity index (χ1n) is 7.40. The van der Waals surface area contributed by atoms with Gasteiger partial charge in [0.1, 0.15) is 5.82 Å². The van der Waals surface area contributed by atoms with Crippen LogP contribution in [-0.2, 0) is 11.2 Å². The van der Waals surface area contributed by atoms with Crippen molar-refractivity contribution in [3.8, 4) is 0 Å². The molecule has 1 unspecified atom stereocenters. The number of nitrogens with zero attached hydrogens (tertiary/aromatic N) is 1. The Bertz CT molecular complexity index is 662. The first-order valence-corrected chi connectivity index (χ1v) is 7.40. The van der Waals surface area contributed by atoms with Gasteiger partial charge in [-0.2, -0.15) is 0 Å². The maximum atomic E-state index is 13.0. The molecule has 4 nitrogen and oxygen atoms in total. The van der Waals surface area contributed by atoms with Gasteiger partial charge in [0, 0.05) is 43.1 Å². The van der Waals surface area contributed by atoms with E-state index in [1.54, 1.807) is 30.7 Å². The SMILES string of the molecule is O=C1C=C(NCCc2cnc[nH]2)CC(c2ccc(F)cc2)C1. The van der Waals surface area contributed by atoms with Gasteiger partial charge in [-0.05, 0) is 30.0 Å². The zero-order chi connectivity index (χ0) is 15.4. The fraction of sp³-hybridized carbons (Fsp3) is 0.294. The van der Waals surface area contributed by atoms with Gasteiger partial charge in [0.15, 0.2) is 5.78 Å². The minimum atomic E-state index is -0.251. The Kier molecular flexibility index (Phi) is 4.32. The van der Waals surface area contributed by atoms with E-state index in [0.29, 0.717) is 6.42 Å². The molecule has 0 amide bonds. The van der Waals surface area contributed by atoms with Crippen molar-refractivity contribution in [2.75, 3.05) is 6.54 Å². The number of H-pyrrole nitrogens is 1. The van der Waals surface area contributed by atoms with Crippen LogP contribution in [0.3, 0.4) is 0 Å². The number of halogens is 1. The maximum absolute atomic E-state index is 13.0. The number of hydrogen-bond donors (Lipinski definition) is 2. The molecule has 2 aromatic rings. The average Bonchev–Trinajstić information content (AvgIpc) is 3.01. The third kappa shape index (κ3) is 3.61. The van der Waals surface area contributed by atoms with Crippen LogP contribution in [0.25, 0.3) is 0 Å². The molecule has 5 heteroatoms. The molecule has 0 radical (unpaired) electrons. The van der Waals surface area contributed by atoms with Gasteiger partial charge < -0.3 is 10.3 Å². The second kappa shape index (κ2) is 6.56. The van der Waals surface area contributed by atoms with E-state index in [-0.39, 0.29) is 17.5 Å². The van der Waals surface area contributed by atoms with Crippen molar-refractivity contribution >= 4 is 5.78 Å². The number of carbonyl (C=O) groups excluding carboxylic acids is 1. The molecule has 1 aromatic carbocycles. The Morgan fingerprint density at radius 1 is 1.27 bits per heavy atom. The second-order valence-corrected chi connectivity index (χ2v) is 5.55. The van der Waals surface area contributed by atoms with Crippen molar-refractivity contribution < 1.29 is 9.18 Å². The highest BCUT2D eigenvalue weighted by molar-refractivity contribution is 5.91. The molecule has 3 rings (SSSR count). The van der Waals surface area contributed by atoms with Crippen LogP contribution in [-0.4, -0.2) is 22.3 Å². The fourth-order valence-corrected chi connectivity index (χ4v) is 2.77. The molecule has 0 saturated carbocycles. The molecular formula is C17H18FN3O. The Balaban J connectivity index is 1.60. The van der Waals surface area contributed by atoms with E-state index in [1.807, 2.05) is 0 Å². The van der Waals surface area contributed by atoms with Gasteiger partial charge >= 0.3 is 0 Å². The quantitative estimate of drug-likeness (QED) is 0.892. The van der Waals surface area contributed by atoms with Crippen LogP contribution in [0.15, 0.2) is 48.6 Å². The van der Waals surface area contributed by atoms with Gasteiger partial charge in [-0.3, -0.25) is 4.79 Å². The van der Waals surface area contributed by atoms with Crippen LogP contribution in [0.4, 0.5) is 4.39 Å².